The molecule has 31 heavy (non-hydrogen) atoms. The Morgan fingerprint density at radius 1 is 1.06 bits per heavy atom. The normalized spacial score (nSPS) is 11.9. The Hall–Kier alpha value is -1.99. The summed E-state index contributed by atoms with van der Waals surface area (Å²) in [5.74, 6) is 0.557. The number of methoxy groups -OCH3 is 2. The van der Waals surface area contributed by atoms with Gasteiger partial charge >= 0.3 is 0 Å². The second-order valence-corrected chi connectivity index (χ2v) is 8.50. The number of aliphatic hydroxyl groups is 1. The first-order valence-corrected chi connectivity index (χ1v) is 11.1. The molecule has 0 heterocycles. The van der Waals surface area contributed by atoms with Crippen LogP contribution in [0.4, 0.5) is 0 Å². The third-order valence-corrected chi connectivity index (χ3v) is 6.56. The highest BCUT2D eigenvalue weighted by Gasteiger charge is 2.24. The Morgan fingerprint density at radius 3 is 2.35 bits per heavy atom. The molecule has 0 radical (unpaired) electrons. The number of aliphatic hydroxyl groups excluding tert-OH is 1. The fraction of sp³-hybridized carbons (Fsp3) is 0.261. The summed E-state index contributed by atoms with van der Waals surface area (Å²) in [5, 5.41) is 14.9. The van der Waals surface area contributed by atoms with Crippen molar-refractivity contribution in [2.75, 3.05) is 27.4 Å². The predicted molar refractivity (Wildman–Crippen MR) is 128 cm³/mol. The van der Waals surface area contributed by atoms with Crippen LogP contribution in [0.3, 0.4) is 0 Å². The van der Waals surface area contributed by atoms with Crippen LogP contribution in [0.1, 0.15) is 28.3 Å². The highest BCUT2D eigenvalue weighted by atomic mass is 79.9. The molecule has 3 rings (SSSR count). The summed E-state index contributed by atoms with van der Waals surface area (Å²) in [4.78, 5) is 13.3. The predicted octanol–water partition coefficient (Wildman–Crippen LogP) is 5.82. The fourth-order valence-electron chi connectivity index (χ4n) is 3.58. The van der Waals surface area contributed by atoms with Gasteiger partial charge in [0.05, 0.1) is 29.8 Å². The second-order valence-electron chi connectivity index (χ2n) is 6.89. The summed E-state index contributed by atoms with van der Waals surface area (Å²) in [6, 6.07) is 12.8. The van der Waals surface area contributed by atoms with E-state index < -0.39 is 0 Å². The van der Waals surface area contributed by atoms with Crippen LogP contribution in [-0.2, 0) is 0 Å². The average molecular weight is 527 g/mol. The number of nitrogens with one attached hydrogen (secondary N) is 1. The van der Waals surface area contributed by atoms with E-state index in [0.717, 1.165) is 10.9 Å². The van der Waals surface area contributed by atoms with E-state index in [1.54, 1.807) is 19.2 Å². The minimum Gasteiger partial charge on any atom is -0.495 e. The number of ether oxygens (including phenoxy) is 2. The molecule has 1 amide bonds. The molecule has 0 aliphatic carbocycles. The Balaban J connectivity index is 1.96. The van der Waals surface area contributed by atoms with Crippen molar-refractivity contribution in [2.24, 2.45) is 0 Å². The van der Waals surface area contributed by atoms with E-state index in [9.17, 15) is 9.90 Å². The molecule has 0 aromatic heterocycles. The van der Waals surface area contributed by atoms with E-state index >= 15 is 0 Å². The number of rotatable bonds is 8. The maximum absolute atomic E-state index is 13.3. The Kier molecular flexibility index (Phi) is 8.06. The first kappa shape index (κ1) is 23.7. The molecule has 0 bridgehead atoms. The van der Waals surface area contributed by atoms with E-state index in [0.29, 0.717) is 49.9 Å². The number of halogens is 3. The summed E-state index contributed by atoms with van der Waals surface area (Å²) >= 11 is 15.7. The van der Waals surface area contributed by atoms with Crippen LogP contribution in [0.15, 0.2) is 46.9 Å². The molecular formula is C23H22BrCl2NO4. The molecular weight excluding hydrogens is 505 g/mol. The van der Waals surface area contributed by atoms with Crippen molar-refractivity contribution in [3.8, 4) is 11.5 Å². The number of carbonyl (C=O) groups excluding carboxylic acids is 1. The Morgan fingerprint density at radius 2 is 1.74 bits per heavy atom. The molecule has 3 aromatic carbocycles. The smallest absolute Gasteiger partial charge is 0.255 e. The SMILES string of the molecule is COc1c(Br)c(OC)c2ccccc2c1C(=O)NCC(CCO)c1ccc(Cl)c(Cl)c1. The Bertz CT molecular complexity index is 1110. The number of carbonyl (C=O) groups is 1. The molecule has 8 heteroatoms. The van der Waals surface area contributed by atoms with Crippen LogP contribution >= 0.6 is 39.1 Å². The van der Waals surface area contributed by atoms with Gasteiger partial charge in [-0.15, -0.1) is 0 Å². The fourth-order valence-corrected chi connectivity index (χ4v) is 4.62. The molecule has 164 valence electrons. The van der Waals surface area contributed by atoms with Gasteiger partial charge < -0.3 is 19.9 Å². The van der Waals surface area contributed by atoms with Crippen molar-refractivity contribution >= 4 is 55.8 Å². The lowest BCUT2D eigenvalue weighted by Gasteiger charge is -2.20. The van der Waals surface area contributed by atoms with Gasteiger partial charge in [0.15, 0.2) is 0 Å². The zero-order valence-electron chi connectivity index (χ0n) is 17.0. The van der Waals surface area contributed by atoms with E-state index in [1.807, 2.05) is 30.3 Å². The van der Waals surface area contributed by atoms with Gasteiger partial charge in [-0.2, -0.15) is 0 Å². The topological polar surface area (TPSA) is 67.8 Å². The van der Waals surface area contributed by atoms with Crippen LogP contribution < -0.4 is 14.8 Å². The first-order chi connectivity index (χ1) is 14.9. The summed E-state index contributed by atoms with van der Waals surface area (Å²) < 4.78 is 11.7. The van der Waals surface area contributed by atoms with Gasteiger partial charge in [-0.1, -0.05) is 53.5 Å². The van der Waals surface area contributed by atoms with Crippen molar-refractivity contribution in [1.82, 2.24) is 5.32 Å². The van der Waals surface area contributed by atoms with Gasteiger partial charge in [0, 0.05) is 29.8 Å². The van der Waals surface area contributed by atoms with Crippen molar-refractivity contribution in [3.63, 3.8) is 0 Å². The van der Waals surface area contributed by atoms with Crippen LogP contribution in [0.25, 0.3) is 10.8 Å². The zero-order valence-corrected chi connectivity index (χ0v) is 20.1. The van der Waals surface area contributed by atoms with Gasteiger partial charge in [-0.3, -0.25) is 4.79 Å². The molecule has 1 atom stereocenters. The maximum Gasteiger partial charge on any atom is 0.255 e. The third kappa shape index (κ3) is 4.93. The molecule has 0 saturated carbocycles. The molecule has 0 fully saturated rings. The number of hydrogen-bond acceptors (Lipinski definition) is 4. The van der Waals surface area contributed by atoms with Gasteiger partial charge in [0.2, 0.25) is 0 Å². The maximum atomic E-state index is 13.3. The Labute approximate surface area is 199 Å². The molecule has 2 N–H and O–H groups in total. The van der Waals surface area contributed by atoms with E-state index in [-0.39, 0.29) is 18.4 Å². The standard InChI is InChI=1S/C23H22BrCl2NO4/c1-30-21-16-6-4-3-5-15(16)19(22(31-2)20(21)24)23(29)27-12-14(9-10-28)13-7-8-17(25)18(26)11-13/h3-8,11,14,28H,9-10,12H2,1-2H3,(H,27,29). The van der Waals surface area contributed by atoms with Crippen molar-refractivity contribution in [3.05, 3.63) is 68.1 Å². The van der Waals surface area contributed by atoms with E-state index in [1.165, 1.54) is 7.11 Å². The lowest BCUT2D eigenvalue weighted by Crippen LogP contribution is -2.29. The number of hydrogen-bond donors (Lipinski definition) is 2. The van der Waals surface area contributed by atoms with Crippen LogP contribution in [0, 0.1) is 0 Å². The van der Waals surface area contributed by atoms with Gasteiger partial charge in [-0.25, -0.2) is 0 Å². The number of fused-ring (bicyclic) bond motifs is 1. The quantitative estimate of drug-likeness (QED) is 0.388. The molecule has 0 aliphatic heterocycles. The number of amides is 1. The summed E-state index contributed by atoms with van der Waals surface area (Å²) in [5.41, 5.74) is 1.29. The first-order valence-electron chi connectivity index (χ1n) is 9.59. The highest BCUT2D eigenvalue weighted by Crippen LogP contribution is 2.44. The minimum atomic E-state index is -0.292. The van der Waals surface area contributed by atoms with Crippen molar-refractivity contribution in [2.45, 2.75) is 12.3 Å². The second kappa shape index (κ2) is 10.6. The third-order valence-electron chi connectivity index (χ3n) is 5.10. The molecule has 5 nitrogen and oxygen atoms in total. The van der Waals surface area contributed by atoms with Crippen molar-refractivity contribution < 1.29 is 19.4 Å². The highest BCUT2D eigenvalue weighted by molar-refractivity contribution is 9.10. The molecule has 0 saturated heterocycles. The molecule has 0 spiro atoms. The van der Waals surface area contributed by atoms with E-state index in [2.05, 4.69) is 21.2 Å². The summed E-state index contributed by atoms with van der Waals surface area (Å²) in [6.45, 7) is 0.277. The average Bonchev–Trinajstić information content (AvgIpc) is 2.77. The van der Waals surface area contributed by atoms with Crippen LogP contribution in [0.2, 0.25) is 10.0 Å². The summed E-state index contributed by atoms with van der Waals surface area (Å²) in [7, 11) is 3.08. The molecule has 1 unspecified atom stereocenters. The van der Waals surface area contributed by atoms with Gasteiger partial charge in [0.1, 0.15) is 16.0 Å². The van der Waals surface area contributed by atoms with Crippen molar-refractivity contribution in [1.29, 1.82) is 0 Å². The minimum absolute atomic E-state index is 0.0267. The van der Waals surface area contributed by atoms with Gasteiger partial charge in [0.25, 0.3) is 5.91 Å². The largest absolute Gasteiger partial charge is 0.495 e. The van der Waals surface area contributed by atoms with Crippen LogP contribution in [-0.4, -0.2) is 38.4 Å². The number of benzene rings is 3. The van der Waals surface area contributed by atoms with E-state index in [4.69, 9.17) is 32.7 Å². The van der Waals surface area contributed by atoms with Gasteiger partial charge in [-0.05, 0) is 40.0 Å². The molecule has 0 aliphatic rings. The summed E-state index contributed by atoms with van der Waals surface area (Å²) in [6.07, 6.45) is 0.461. The monoisotopic (exact) mass is 525 g/mol. The van der Waals surface area contributed by atoms with Crippen LogP contribution in [0.5, 0.6) is 11.5 Å². The lowest BCUT2D eigenvalue weighted by molar-refractivity contribution is 0.0948. The zero-order chi connectivity index (χ0) is 22.5. The lowest BCUT2D eigenvalue weighted by atomic mass is 9.95. The molecule has 3 aromatic rings.